The summed E-state index contributed by atoms with van der Waals surface area (Å²) >= 11 is 5.76. The maximum atomic E-state index is 11.6. The highest BCUT2D eigenvalue weighted by atomic mass is 35.5. The van der Waals surface area contributed by atoms with Crippen LogP contribution in [0.1, 0.15) is 12.0 Å². The zero-order valence-electron chi connectivity index (χ0n) is 9.51. The molecule has 1 aromatic rings. The Hall–Kier alpha value is -1.26. The first-order valence-electron chi connectivity index (χ1n) is 5.31. The molecule has 6 heteroatoms. The van der Waals surface area contributed by atoms with Crippen LogP contribution in [0.25, 0.3) is 0 Å². The number of carbonyl (C=O) groups is 2. The lowest BCUT2D eigenvalue weighted by Gasteiger charge is -2.15. The topological polar surface area (TPSA) is 57.6 Å². The Kier molecular flexibility index (Phi) is 4.99. The van der Waals surface area contributed by atoms with Gasteiger partial charge in [-0.15, -0.1) is 12.4 Å². The normalized spacial score (nSPS) is 18.6. The molecule has 1 saturated heterocycles. The minimum absolute atomic E-state index is 0. The number of aliphatic carboxylic acids is 1. The summed E-state index contributed by atoms with van der Waals surface area (Å²) in [4.78, 5) is 24.0. The Morgan fingerprint density at radius 1 is 1.39 bits per heavy atom. The second kappa shape index (κ2) is 6.07. The molecule has 1 aliphatic heterocycles. The molecule has 98 valence electrons. The lowest BCUT2D eigenvalue weighted by molar-refractivity contribution is -0.141. The zero-order valence-corrected chi connectivity index (χ0v) is 11.1. The summed E-state index contributed by atoms with van der Waals surface area (Å²) in [5.74, 6) is -1.58. The van der Waals surface area contributed by atoms with Gasteiger partial charge in [0.25, 0.3) is 0 Å². The van der Waals surface area contributed by atoms with Crippen molar-refractivity contribution in [1.29, 1.82) is 0 Å². The highest BCUT2D eigenvalue weighted by Crippen LogP contribution is 2.20. The maximum absolute atomic E-state index is 11.6. The van der Waals surface area contributed by atoms with Crippen LogP contribution in [0.4, 0.5) is 0 Å². The molecule has 2 rings (SSSR count). The third kappa shape index (κ3) is 3.37. The first-order valence-corrected chi connectivity index (χ1v) is 5.69. The van der Waals surface area contributed by atoms with E-state index in [4.69, 9.17) is 16.7 Å². The van der Waals surface area contributed by atoms with Crippen molar-refractivity contribution < 1.29 is 14.7 Å². The number of hydrogen-bond acceptors (Lipinski definition) is 2. The molecular formula is C12H13Cl2NO3. The number of nitrogens with zero attached hydrogens (tertiary/aromatic N) is 1. The minimum Gasteiger partial charge on any atom is -0.481 e. The van der Waals surface area contributed by atoms with E-state index in [0.29, 0.717) is 11.6 Å². The maximum Gasteiger partial charge on any atom is 0.308 e. The van der Waals surface area contributed by atoms with Crippen LogP contribution >= 0.6 is 24.0 Å². The fraction of sp³-hybridized carbons (Fsp3) is 0.333. The smallest absolute Gasteiger partial charge is 0.308 e. The molecule has 0 radical (unpaired) electrons. The fourth-order valence-electron chi connectivity index (χ4n) is 1.90. The molecule has 1 heterocycles. The molecule has 4 nitrogen and oxygen atoms in total. The predicted octanol–water partition coefficient (Wildman–Crippen LogP) is 2.19. The predicted molar refractivity (Wildman–Crippen MR) is 69.9 cm³/mol. The average molecular weight is 290 g/mol. The van der Waals surface area contributed by atoms with E-state index in [0.717, 1.165) is 5.56 Å². The number of amides is 1. The monoisotopic (exact) mass is 289 g/mol. The first-order chi connectivity index (χ1) is 8.06. The van der Waals surface area contributed by atoms with Crippen molar-refractivity contribution in [2.24, 2.45) is 5.92 Å². The van der Waals surface area contributed by atoms with Gasteiger partial charge in [0.05, 0.1) is 5.92 Å². The standard InChI is InChI=1S/C12H12ClNO3.ClH/c13-10-3-1-8(2-4-10)6-14-7-9(12(16)17)5-11(14)15;/h1-4,9H,5-7H2,(H,16,17);1H. The molecule has 1 N–H and O–H groups in total. The SMILES string of the molecule is Cl.O=C(O)C1CC(=O)N(Cc2ccc(Cl)cc2)C1. The molecule has 0 spiro atoms. The second-order valence-electron chi connectivity index (χ2n) is 4.14. The lowest BCUT2D eigenvalue weighted by Crippen LogP contribution is -2.25. The Bertz CT molecular complexity index is 447. The van der Waals surface area contributed by atoms with Gasteiger partial charge in [-0.05, 0) is 17.7 Å². The van der Waals surface area contributed by atoms with Gasteiger partial charge in [-0.2, -0.15) is 0 Å². The summed E-state index contributed by atoms with van der Waals surface area (Å²) in [6.07, 6.45) is 0.100. The molecule has 0 aliphatic carbocycles. The molecule has 0 bridgehead atoms. The van der Waals surface area contributed by atoms with E-state index in [9.17, 15) is 9.59 Å². The van der Waals surface area contributed by atoms with Gasteiger partial charge in [-0.25, -0.2) is 0 Å². The van der Waals surface area contributed by atoms with Crippen molar-refractivity contribution in [3.05, 3.63) is 34.9 Å². The number of rotatable bonds is 3. The molecule has 1 atom stereocenters. The number of carboxylic acids is 1. The van der Waals surface area contributed by atoms with Gasteiger partial charge in [0.15, 0.2) is 0 Å². The summed E-state index contributed by atoms with van der Waals surface area (Å²) < 4.78 is 0. The van der Waals surface area contributed by atoms with Gasteiger partial charge in [-0.3, -0.25) is 9.59 Å². The summed E-state index contributed by atoms with van der Waals surface area (Å²) in [6.45, 7) is 0.733. The molecule has 1 unspecified atom stereocenters. The van der Waals surface area contributed by atoms with Crippen LogP contribution in [0.3, 0.4) is 0 Å². The van der Waals surface area contributed by atoms with Crippen molar-refractivity contribution in [1.82, 2.24) is 4.90 Å². The van der Waals surface area contributed by atoms with Crippen LogP contribution in [0.2, 0.25) is 5.02 Å². The molecule has 1 fully saturated rings. The van der Waals surface area contributed by atoms with Crippen molar-refractivity contribution in [3.63, 3.8) is 0 Å². The largest absolute Gasteiger partial charge is 0.481 e. The molecule has 1 aliphatic rings. The van der Waals surface area contributed by atoms with Crippen molar-refractivity contribution in [2.45, 2.75) is 13.0 Å². The molecule has 0 saturated carbocycles. The van der Waals surface area contributed by atoms with Gasteiger partial charge in [-0.1, -0.05) is 23.7 Å². The van der Waals surface area contributed by atoms with E-state index in [1.807, 2.05) is 12.1 Å². The fourth-order valence-corrected chi connectivity index (χ4v) is 2.03. The van der Waals surface area contributed by atoms with E-state index in [-0.39, 0.29) is 31.3 Å². The first kappa shape index (κ1) is 14.8. The van der Waals surface area contributed by atoms with Gasteiger partial charge in [0, 0.05) is 24.5 Å². The second-order valence-corrected chi connectivity index (χ2v) is 4.58. The van der Waals surface area contributed by atoms with Gasteiger partial charge < -0.3 is 10.0 Å². The molecular weight excluding hydrogens is 277 g/mol. The quantitative estimate of drug-likeness (QED) is 0.928. The number of carboxylic acid groups (broad SMARTS) is 1. The summed E-state index contributed by atoms with van der Waals surface area (Å²) in [6, 6.07) is 7.19. The molecule has 1 amide bonds. The molecule has 0 aromatic heterocycles. The summed E-state index contributed by atoms with van der Waals surface area (Å²) in [7, 11) is 0. The number of halogens is 2. The van der Waals surface area contributed by atoms with E-state index >= 15 is 0 Å². The minimum atomic E-state index is -0.906. The van der Waals surface area contributed by atoms with Gasteiger partial charge in [0.2, 0.25) is 5.91 Å². The lowest BCUT2D eigenvalue weighted by atomic mass is 10.1. The zero-order chi connectivity index (χ0) is 12.4. The Balaban J connectivity index is 0.00000162. The Morgan fingerprint density at radius 2 is 2.00 bits per heavy atom. The number of benzene rings is 1. The molecule has 18 heavy (non-hydrogen) atoms. The average Bonchev–Trinajstić information content (AvgIpc) is 2.64. The highest BCUT2D eigenvalue weighted by Gasteiger charge is 2.33. The summed E-state index contributed by atoms with van der Waals surface area (Å²) in [5, 5.41) is 9.50. The van der Waals surface area contributed by atoms with Crippen molar-refractivity contribution in [2.75, 3.05) is 6.54 Å². The van der Waals surface area contributed by atoms with Gasteiger partial charge >= 0.3 is 5.97 Å². The third-order valence-corrected chi connectivity index (χ3v) is 3.10. The number of hydrogen-bond donors (Lipinski definition) is 1. The van der Waals surface area contributed by atoms with Crippen LogP contribution in [-0.2, 0) is 16.1 Å². The van der Waals surface area contributed by atoms with E-state index in [1.54, 1.807) is 17.0 Å². The van der Waals surface area contributed by atoms with Crippen LogP contribution in [-0.4, -0.2) is 28.4 Å². The van der Waals surface area contributed by atoms with Crippen molar-refractivity contribution >= 4 is 35.9 Å². The van der Waals surface area contributed by atoms with Crippen LogP contribution < -0.4 is 0 Å². The van der Waals surface area contributed by atoms with Crippen LogP contribution in [0.5, 0.6) is 0 Å². The van der Waals surface area contributed by atoms with E-state index < -0.39 is 11.9 Å². The van der Waals surface area contributed by atoms with Crippen molar-refractivity contribution in [3.8, 4) is 0 Å². The van der Waals surface area contributed by atoms with Crippen LogP contribution in [0, 0.1) is 5.92 Å². The Morgan fingerprint density at radius 3 is 2.50 bits per heavy atom. The number of likely N-dealkylation sites (tertiary alicyclic amines) is 1. The van der Waals surface area contributed by atoms with E-state index in [1.165, 1.54) is 0 Å². The highest BCUT2D eigenvalue weighted by molar-refractivity contribution is 6.30. The van der Waals surface area contributed by atoms with Gasteiger partial charge in [0.1, 0.15) is 0 Å². The molecule has 1 aromatic carbocycles. The van der Waals surface area contributed by atoms with E-state index in [2.05, 4.69) is 0 Å². The van der Waals surface area contributed by atoms with Crippen LogP contribution in [0.15, 0.2) is 24.3 Å². The Labute approximate surface area is 116 Å². The number of carbonyl (C=O) groups excluding carboxylic acids is 1. The third-order valence-electron chi connectivity index (χ3n) is 2.85. The summed E-state index contributed by atoms with van der Waals surface area (Å²) in [5.41, 5.74) is 0.953.